The molecule has 2 aromatic rings. The predicted octanol–water partition coefficient (Wildman–Crippen LogP) is 1.76. The molecule has 4 nitrogen and oxygen atoms in total. The summed E-state index contributed by atoms with van der Waals surface area (Å²) < 4.78 is 18.1. The Morgan fingerprint density at radius 3 is 2.67 bits per heavy atom. The summed E-state index contributed by atoms with van der Waals surface area (Å²) in [5.41, 5.74) is 5.59. The number of hydrogen-bond donors (Lipinski definition) is 1. The van der Waals surface area contributed by atoms with Crippen molar-refractivity contribution in [1.82, 2.24) is 10.1 Å². The fourth-order valence-electron chi connectivity index (χ4n) is 1.08. The van der Waals surface area contributed by atoms with Gasteiger partial charge >= 0.3 is 0 Å². The highest BCUT2D eigenvalue weighted by Gasteiger charge is 2.11. The SMILES string of the molecule is Cl.NCc1noc(-c2ccccc2F)n1. The molecular weight excluding hydrogens is 221 g/mol. The van der Waals surface area contributed by atoms with Gasteiger partial charge in [-0.1, -0.05) is 17.3 Å². The molecule has 0 radical (unpaired) electrons. The van der Waals surface area contributed by atoms with Gasteiger partial charge in [-0.3, -0.25) is 0 Å². The molecule has 0 bridgehead atoms. The third kappa shape index (κ3) is 2.31. The number of halogens is 2. The minimum atomic E-state index is -0.389. The molecule has 0 aliphatic carbocycles. The zero-order chi connectivity index (χ0) is 9.97. The van der Waals surface area contributed by atoms with E-state index in [0.29, 0.717) is 11.4 Å². The minimum absolute atomic E-state index is 0. The second kappa shape index (κ2) is 4.86. The van der Waals surface area contributed by atoms with Crippen molar-refractivity contribution < 1.29 is 8.91 Å². The largest absolute Gasteiger partial charge is 0.334 e. The number of benzene rings is 1. The molecule has 0 fully saturated rings. The van der Waals surface area contributed by atoms with Gasteiger partial charge in [0.05, 0.1) is 12.1 Å². The third-order valence-electron chi connectivity index (χ3n) is 1.75. The van der Waals surface area contributed by atoms with E-state index in [1.807, 2.05) is 0 Å². The normalized spacial score (nSPS) is 9.73. The van der Waals surface area contributed by atoms with Gasteiger partial charge in [0.25, 0.3) is 5.89 Å². The van der Waals surface area contributed by atoms with Gasteiger partial charge in [-0.2, -0.15) is 4.98 Å². The molecular formula is C9H9ClFN3O. The van der Waals surface area contributed by atoms with Crippen LogP contribution in [0.4, 0.5) is 4.39 Å². The van der Waals surface area contributed by atoms with E-state index in [-0.39, 0.29) is 30.7 Å². The summed E-state index contributed by atoms with van der Waals surface area (Å²) in [5.74, 6) is 0.131. The summed E-state index contributed by atoms with van der Waals surface area (Å²) in [7, 11) is 0. The Morgan fingerprint density at radius 1 is 1.33 bits per heavy atom. The minimum Gasteiger partial charge on any atom is -0.334 e. The Bertz CT molecular complexity index is 446. The van der Waals surface area contributed by atoms with Crippen LogP contribution in [0.25, 0.3) is 11.5 Å². The molecule has 0 saturated heterocycles. The molecule has 0 saturated carbocycles. The Kier molecular flexibility index (Phi) is 3.76. The summed E-state index contributed by atoms with van der Waals surface area (Å²) in [5, 5.41) is 3.57. The van der Waals surface area contributed by atoms with Gasteiger partial charge in [-0.05, 0) is 12.1 Å². The van der Waals surface area contributed by atoms with Gasteiger partial charge in [-0.15, -0.1) is 12.4 Å². The Morgan fingerprint density at radius 2 is 2.07 bits per heavy atom. The Hall–Kier alpha value is -1.46. The smallest absolute Gasteiger partial charge is 0.260 e. The van der Waals surface area contributed by atoms with E-state index >= 15 is 0 Å². The lowest BCUT2D eigenvalue weighted by Gasteiger charge is -1.94. The summed E-state index contributed by atoms with van der Waals surface area (Å²) in [6, 6.07) is 6.20. The van der Waals surface area contributed by atoms with E-state index in [1.54, 1.807) is 18.2 Å². The number of rotatable bonds is 2. The fraction of sp³-hybridized carbons (Fsp3) is 0.111. The molecule has 0 unspecified atom stereocenters. The Labute approximate surface area is 91.7 Å². The lowest BCUT2D eigenvalue weighted by Crippen LogP contribution is -1.97. The average Bonchev–Trinajstić information content (AvgIpc) is 2.67. The molecule has 1 aromatic carbocycles. The van der Waals surface area contributed by atoms with Crippen molar-refractivity contribution in [1.29, 1.82) is 0 Å². The molecule has 0 aliphatic rings. The standard InChI is InChI=1S/C9H8FN3O.ClH/c10-7-4-2-1-3-6(7)9-12-8(5-11)13-14-9;/h1-4H,5,11H2;1H. The highest BCUT2D eigenvalue weighted by atomic mass is 35.5. The maximum absolute atomic E-state index is 13.2. The molecule has 0 spiro atoms. The maximum atomic E-state index is 13.2. The molecule has 1 aromatic heterocycles. The van der Waals surface area contributed by atoms with Crippen LogP contribution in [0, 0.1) is 5.82 Å². The van der Waals surface area contributed by atoms with E-state index in [0.717, 1.165) is 0 Å². The molecule has 0 atom stereocenters. The van der Waals surface area contributed by atoms with E-state index < -0.39 is 0 Å². The average molecular weight is 230 g/mol. The molecule has 6 heteroatoms. The lowest BCUT2D eigenvalue weighted by molar-refractivity contribution is 0.420. The first-order chi connectivity index (χ1) is 6.81. The van der Waals surface area contributed by atoms with Crippen LogP contribution in [0.3, 0.4) is 0 Å². The van der Waals surface area contributed by atoms with Crippen molar-refractivity contribution in [2.24, 2.45) is 5.73 Å². The van der Waals surface area contributed by atoms with Gasteiger partial charge in [-0.25, -0.2) is 4.39 Å². The number of aromatic nitrogens is 2. The van der Waals surface area contributed by atoms with Gasteiger partial charge in [0.2, 0.25) is 0 Å². The van der Waals surface area contributed by atoms with Crippen LogP contribution in [0.15, 0.2) is 28.8 Å². The van der Waals surface area contributed by atoms with E-state index in [9.17, 15) is 4.39 Å². The van der Waals surface area contributed by atoms with Crippen LogP contribution >= 0.6 is 12.4 Å². The van der Waals surface area contributed by atoms with Crippen LogP contribution in [0.1, 0.15) is 5.82 Å². The van der Waals surface area contributed by atoms with E-state index in [4.69, 9.17) is 10.3 Å². The van der Waals surface area contributed by atoms with Crippen molar-refractivity contribution in [2.45, 2.75) is 6.54 Å². The first-order valence-corrected chi connectivity index (χ1v) is 4.09. The molecule has 1 heterocycles. The monoisotopic (exact) mass is 229 g/mol. The van der Waals surface area contributed by atoms with Crippen molar-refractivity contribution in [3.05, 3.63) is 35.9 Å². The molecule has 0 aliphatic heterocycles. The zero-order valence-corrected chi connectivity index (χ0v) is 8.50. The Balaban J connectivity index is 0.00000112. The molecule has 0 amide bonds. The van der Waals surface area contributed by atoms with Crippen LogP contribution in [-0.4, -0.2) is 10.1 Å². The quantitative estimate of drug-likeness (QED) is 0.852. The lowest BCUT2D eigenvalue weighted by atomic mass is 10.2. The van der Waals surface area contributed by atoms with Gasteiger partial charge in [0, 0.05) is 0 Å². The summed E-state index contributed by atoms with van der Waals surface area (Å²) in [6.07, 6.45) is 0. The fourth-order valence-corrected chi connectivity index (χ4v) is 1.08. The molecule has 2 rings (SSSR count). The van der Waals surface area contributed by atoms with Crippen molar-refractivity contribution in [3.63, 3.8) is 0 Å². The first kappa shape index (κ1) is 11.6. The van der Waals surface area contributed by atoms with Crippen molar-refractivity contribution >= 4 is 12.4 Å². The van der Waals surface area contributed by atoms with E-state index in [2.05, 4.69) is 10.1 Å². The third-order valence-corrected chi connectivity index (χ3v) is 1.75. The zero-order valence-electron chi connectivity index (χ0n) is 7.68. The van der Waals surface area contributed by atoms with Gasteiger partial charge < -0.3 is 10.3 Å². The van der Waals surface area contributed by atoms with Crippen molar-refractivity contribution in [2.75, 3.05) is 0 Å². The summed E-state index contributed by atoms with van der Waals surface area (Å²) in [6.45, 7) is 0.179. The second-order valence-corrected chi connectivity index (χ2v) is 2.70. The second-order valence-electron chi connectivity index (χ2n) is 2.70. The van der Waals surface area contributed by atoms with Gasteiger partial charge in [0.1, 0.15) is 5.82 Å². The van der Waals surface area contributed by atoms with E-state index in [1.165, 1.54) is 6.07 Å². The number of nitrogens with zero attached hydrogens (tertiary/aromatic N) is 2. The number of nitrogens with two attached hydrogens (primary N) is 1. The van der Waals surface area contributed by atoms with Crippen LogP contribution in [0.2, 0.25) is 0 Å². The van der Waals surface area contributed by atoms with Crippen molar-refractivity contribution in [3.8, 4) is 11.5 Å². The highest BCUT2D eigenvalue weighted by Crippen LogP contribution is 2.19. The summed E-state index contributed by atoms with van der Waals surface area (Å²) in [4.78, 5) is 3.92. The van der Waals surface area contributed by atoms with Crippen LogP contribution in [-0.2, 0) is 6.54 Å². The molecule has 15 heavy (non-hydrogen) atoms. The molecule has 2 N–H and O–H groups in total. The van der Waals surface area contributed by atoms with Gasteiger partial charge in [0.15, 0.2) is 5.82 Å². The van der Waals surface area contributed by atoms with Crippen LogP contribution < -0.4 is 5.73 Å². The molecule has 80 valence electrons. The predicted molar refractivity (Wildman–Crippen MR) is 54.8 cm³/mol. The first-order valence-electron chi connectivity index (χ1n) is 4.09. The maximum Gasteiger partial charge on any atom is 0.260 e. The topological polar surface area (TPSA) is 64.9 Å². The number of hydrogen-bond acceptors (Lipinski definition) is 4. The summed E-state index contributed by atoms with van der Waals surface area (Å²) >= 11 is 0. The van der Waals surface area contributed by atoms with Crippen LogP contribution in [0.5, 0.6) is 0 Å². The highest BCUT2D eigenvalue weighted by molar-refractivity contribution is 5.85.